The van der Waals surface area contributed by atoms with E-state index in [1.54, 1.807) is 11.3 Å². The molecule has 0 atom stereocenters. The molecule has 1 aliphatic carbocycles. The molecule has 1 heterocycles. The van der Waals surface area contributed by atoms with E-state index in [-0.39, 0.29) is 6.10 Å². The SMILES string of the molecule is CCNC(=NCCc1ccc(Br)s1)NC1CCC(O)CC1. The lowest BCUT2D eigenvalue weighted by Gasteiger charge is -2.27. The molecule has 0 spiro atoms. The fourth-order valence-corrected chi connectivity index (χ4v) is 3.97. The Morgan fingerprint density at radius 2 is 2.14 bits per heavy atom. The Morgan fingerprint density at radius 3 is 2.76 bits per heavy atom. The van der Waals surface area contributed by atoms with Crippen molar-refractivity contribution in [2.24, 2.45) is 4.99 Å². The van der Waals surface area contributed by atoms with Crippen LogP contribution in [0.25, 0.3) is 0 Å². The van der Waals surface area contributed by atoms with Crippen LogP contribution in [0, 0.1) is 0 Å². The summed E-state index contributed by atoms with van der Waals surface area (Å²) >= 11 is 5.25. The van der Waals surface area contributed by atoms with Crippen LogP contribution in [0.4, 0.5) is 0 Å². The van der Waals surface area contributed by atoms with E-state index in [4.69, 9.17) is 0 Å². The number of nitrogens with zero attached hydrogens (tertiary/aromatic N) is 1. The van der Waals surface area contributed by atoms with E-state index in [1.165, 1.54) is 8.66 Å². The van der Waals surface area contributed by atoms with Gasteiger partial charge >= 0.3 is 0 Å². The first-order valence-corrected chi connectivity index (χ1v) is 9.25. The van der Waals surface area contributed by atoms with Crippen LogP contribution in [0.5, 0.6) is 0 Å². The van der Waals surface area contributed by atoms with E-state index in [9.17, 15) is 5.11 Å². The van der Waals surface area contributed by atoms with E-state index in [0.717, 1.165) is 51.2 Å². The maximum Gasteiger partial charge on any atom is 0.191 e. The van der Waals surface area contributed by atoms with Crippen molar-refractivity contribution in [2.45, 2.75) is 51.2 Å². The first-order valence-electron chi connectivity index (χ1n) is 7.64. The molecule has 118 valence electrons. The molecule has 3 N–H and O–H groups in total. The number of thiophene rings is 1. The van der Waals surface area contributed by atoms with Crippen LogP contribution in [0.3, 0.4) is 0 Å². The van der Waals surface area contributed by atoms with E-state index in [0.29, 0.717) is 6.04 Å². The molecular formula is C15H24BrN3OS. The van der Waals surface area contributed by atoms with Gasteiger partial charge in [0, 0.05) is 30.4 Å². The summed E-state index contributed by atoms with van der Waals surface area (Å²) in [7, 11) is 0. The minimum absolute atomic E-state index is 0.111. The first-order chi connectivity index (χ1) is 10.2. The third-order valence-electron chi connectivity index (χ3n) is 3.64. The number of hydrogen-bond donors (Lipinski definition) is 3. The Morgan fingerprint density at radius 1 is 1.38 bits per heavy atom. The number of hydrogen-bond acceptors (Lipinski definition) is 3. The predicted octanol–water partition coefficient (Wildman–Crippen LogP) is 2.91. The van der Waals surface area contributed by atoms with E-state index in [2.05, 4.69) is 50.6 Å². The summed E-state index contributed by atoms with van der Waals surface area (Å²) in [6.07, 6.45) is 4.67. The summed E-state index contributed by atoms with van der Waals surface area (Å²) in [6.45, 7) is 3.74. The van der Waals surface area contributed by atoms with Gasteiger partial charge in [0.2, 0.25) is 0 Å². The summed E-state index contributed by atoms with van der Waals surface area (Å²) in [4.78, 5) is 6.00. The monoisotopic (exact) mass is 373 g/mol. The molecular weight excluding hydrogens is 350 g/mol. The highest BCUT2D eigenvalue weighted by Crippen LogP contribution is 2.22. The van der Waals surface area contributed by atoms with Crippen molar-refractivity contribution in [3.8, 4) is 0 Å². The molecule has 6 heteroatoms. The normalized spacial score (nSPS) is 23.1. The summed E-state index contributed by atoms with van der Waals surface area (Å²) in [5, 5.41) is 16.4. The second kappa shape index (κ2) is 8.76. The number of nitrogens with one attached hydrogen (secondary N) is 2. The third kappa shape index (κ3) is 5.96. The highest BCUT2D eigenvalue weighted by Gasteiger charge is 2.19. The Hall–Kier alpha value is -0.590. The largest absolute Gasteiger partial charge is 0.393 e. The van der Waals surface area contributed by atoms with Gasteiger partial charge < -0.3 is 15.7 Å². The molecule has 0 radical (unpaired) electrons. The van der Waals surface area contributed by atoms with Gasteiger partial charge in [-0.3, -0.25) is 4.99 Å². The Balaban J connectivity index is 1.81. The zero-order valence-electron chi connectivity index (χ0n) is 12.4. The predicted molar refractivity (Wildman–Crippen MR) is 93.1 cm³/mol. The molecule has 2 rings (SSSR count). The number of rotatable bonds is 5. The summed E-state index contributed by atoms with van der Waals surface area (Å²) in [5.74, 6) is 0.898. The summed E-state index contributed by atoms with van der Waals surface area (Å²) in [5.41, 5.74) is 0. The Bertz CT molecular complexity index is 456. The molecule has 21 heavy (non-hydrogen) atoms. The van der Waals surface area contributed by atoms with Crippen LogP contribution in [0.2, 0.25) is 0 Å². The van der Waals surface area contributed by atoms with Crippen molar-refractivity contribution in [1.82, 2.24) is 10.6 Å². The van der Waals surface area contributed by atoms with E-state index < -0.39 is 0 Å². The van der Waals surface area contributed by atoms with Gasteiger partial charge in [-0.25, -0.2) is 0 Å². The molecule has 4 nitrogen and oxygen atoms in total. The summed E-state index contributed by atoms with van der Waals surface area (Å²) < 4.78 is 1.17. The average molecular weight is 374 g/mol. The van der Waals surface area contributed by atoms with Gasteiger partial charge in [0.05, 0.1) is 9.89 Å². The zero-order chi connectivity index (χ0) is 15.1. The smallest absolute Gasteiger partial charge is 0.191 e. The zero-order valence-corrected chi connectivity index (χ0v) is 14.8. The van der Waals surface area contributed by atoms with Crippen LogP contribution >= 0.6 is 27.3 Å². The highest BCUT2D eigenvalue weighted by molar-refractivity contribution is 9.11. The third-order valence-corrected chi connectivity index (χ3v) is 5.32. The molecule has 1 aromatic heterocycles. The molecule has 0 amide bonds. The van der Waals surface area contributed by atoms with Gasteiger partial charge in [-0.2, -0.15) is 0 Å². The molecule has 1 fully saturated rings. The van der Waals surface area contributed by atoms with Crippen LogP contribution in [0.1, 0.15) is 37.5 Å². The summed E-state index contributed by atoms with van der Waals surface area (Å²) in [6, 6.07) is 4.66. The van der Waals surface area contributed by atoms with Crippen LogP contribution in [-0.4, -0.2) is 36.3 Å². The number of aliphatic hydroxyl groups excluding tert-OH is 1. The van der Waals surface area contributed by atoms with Crippen molar-refractivity contribution < 1.29 is 5.11 Å². The maximum atomic E-state index is 9.56. The average Bonchev–Trinajstić information content (AvgIpc) is 2.87. The first kappa shape index (κ1) is 16.8. The molecule has 0 aromatic carbocycles. The molecule has 0 bridgehead atoms. The molecule has 1 saturated carbocycles. The number of halogens is 1. The van der Waals surface area contributed by atoms with Gasteiger partial charge in [-0.1, -0.05) is 0 Å². The second-order valence-electron chi connectivity index (χ2n) is 5.37. The Labute approximate surface area is 139 Å². The lowest BCUT2D eigenvalue weighted by atomic mass is 9.93. The van der Waals surface area contributed by atoms with E-state index >= 15 is 0 Å². The standard InChI is InChI=1S/C15H24BrN3OS/c1-2-17-15(19-11-3-5-12(20)6-4-11)18-10-9-13-7-8-14(16)21-13/h7-8,11-12,20H,2-6,9-10H2,1H3,(H2,17,18,19). The van der Waals surface area contributed by atoms with Crippen molar-refractivity contribution in [2.75, 3.05) is 13.1 Å². The second-order valence-corrected chi connectivity index (χ2v) is 7.91. The van der Waals surface area contributed by atoms with Crippen LogP contribution < -0.4 is 10.6 Å². The molecule has 1 aromatic rings. The van der Waals surface area contributed by atoms with Gasteiger partial charge in [0.1, 0.15) is 0 Å². The quantitative estimate of drug-likeness (QED) is 0.549. The van der Waals surface area contributed by atoms with Gasteiger partial charge in [-0.05, 0) is 60.7 Å². The lowest BCUT2D eigenvalue weighted by molar-refractivity contribution is 0.120. The van der Waals surface area contributed by atoms with Gasteiger partial charge in [0.25, 0.3) is 0 Å². The highest BCUT2D eigenvalue weighted by atomic mass is 79.9. The lowest BCUT2D eigenvalue weighted by Crippen LogP contribution is -2.45. The van der Waals surface area contributed by atoms with E-state index in [1.807, 2.05) is 0 Å². The number of aliphatic imine (C=N–C) groups is 1. The minimum Gasteiger partial charge on any atom is -0.393 e. The van der Waals surface area contributed by atoms with Gasteiger partial charge in [0.15, 0.2) is 5.96 Å². The fraction of sp³-hybridized carbons (Fsp3) is 0.667. The number of guanidine groups is 1. The minimum atomic E-state index is -0.111. The van der Waals surface area contributed by atoms with Crippen LogP contribution in [0.15, 0.2) is 20.9 Å². The molecule has 1 aliphatic rings. The van der Waals surface area contributed by atoms with Crippen molar-refractivity contribution in [1.29, 1.82) is 0 Å². The fourth-order valence-electron chi connectivity index (χ4n) is 2.50. The molecule has 0 unspecified atom stereocenters. The number of aliphatic hydroxyl groups is 1. The maximum absolute atomic E-state index is 9.56. The Kier molecular flexibility index (Phi) is 6.99. The van der Waals surface area contributed by atoms with Crippen molar-refractivity contribution in [3.05, 3.63) is 20.8 Å². The van der Waals surface area contributed by atoms with Crippen molar-refractivity contribution in [3.63, 3.8) is 0 Å². The van der Waals surface area contributed by atoms with Gasteiger partial charge in [-0.15, -0.1) is 11.3 Å². The molecule has 0 saturated heterocycles. The van der Waals surface area contributed by atoms with Crippen LogP contribution in [-0.2, 0) is 6.42 Å². The molecule has 0 aliphatic heterocycles. The topological polar surface area (TPSA) is 56.7 Å². The van der Waals surface area contributed by atoms with Crippen molar-refractivity contribution >= 4 is 33.2 Å².